The first-order chi connectivity index (χ1) is 11.8. The van der Waals surface area contributed by atoms with Gasteiger partial charge in [0.15, 0.2) is 0 Å². The lowest BCUT2D eigenvalue weighted by molar-refractivity contribution is -0.188. The van der Waals surface area contributed by atoms with Gasteiger partial charge in [-0.05, 0) is 18.4 Å². The fourth-order valence-electron chi connectivity index (χ4n) is 3.30. The lowest BCUT2D eigenvalue weighted by Crippen LogP contribution is -2.41. The number of rotatable bonds is 5. The number of carbonyl (C=O) groups is 2. The molecule has 1 aliphatic carbocycles. The van der Waals surface area contributed by atoms with E-state index in [-0.39, 0.29) is 30.9 Å². The van der Waals surface area contributed by atoms with E-state index in [0.29, 0.717) is 5.56 Å². The molecule has 1 unspecified atom stereocenters. The van der Waals surface area contributed by atoms with Crippen molar-refractivity contribution in [1.82, 2.24) is 10.2 Å². The molecule has 0 spiro atoms. The van der Waals surface area contributed by atoms with Crippen LogP contribution in [-0.4, -0.2) is 47.2 Å². The van der Waals surface area contributed by atoms with Crippen molar-refractivity contribution in [2.75, 3.05) is 13.1 Å². The van der Waals surface area contributed by atoms with Crippen molar-refractivity contribution in [1.29, 1.82) is 0 Å². The Balaban J connectivity index is 0.00000243. The zero-order chi connectivity index (χ0) is 18.2. The number of alkyl halides is 3. The van der Waals surface area contributed by atoms with Crippen molar-refractivity contribution in [2.45, 2.75) is 31.1 Å². The molecular formula is C17H20ClF3N2O3. The summed E-state index contributed by atoms with van der Waals surface area (Å²) < 4.78 is 39.7. The van der Waals surface area contributed by atoms with Crippen molar-refractivity contribution in [2.24, 2.45) is 11.8 Å². The van der Waals surface area contributed by atoms with Gasteiger partial charge in [0.25, 0.3) is 0 Å². The summed E-state index contributed by atoms with van der Waals surface area (Å²) in [6.07, 6.45) is -2.90. The average Bonchev–Trinajstić information content (AvgIpc) is 3.22. The van der Waals surface area contributed by atoms with E-state index in [9.17, 15) is 27.9 Å². The van der Waals surface area contributed by atoms with Crippen LogP contribution in [0.4, 0.5) is 13.2 Å². The molecule has 1 saturated heterocycles. The van der Waals surface area contributed by atoms with Crippen LogP contribution in [0.25, 0.3) is 0 Å². The van der Waals surface area contributed by atoms with Crippen molar-refractivity contribution < 1.29 is 27.9 Å². The summed E-state index contributed by atoms with van der Waals surface area (Å²) in [6, 6.07) is 7.66. The van der Waals surface area contributed by atoms with E-state index in [1.165, 1.54) is 4.90 Å². The lowest BCUT2D eigenvalue weighted by Gasteiger charge is -2.27. The van der Waals surface area contributed by atoms with E-state index in [0.717, 1.165) is 12.8 Å². The minimum atomic E-state index is -4.62. The maximum Gasteiger partial charge on any atom is 0.393 e. The third-order valence-electron chi connectivity index (χ3n) is 4.74. The molecule has 0 aromatic heterocycles. The minimum Gasteiger partial charge on any atom is -0.481 e. The molecule has 3 atom stereocenters. The van der Waals surface area contributed by atoms with Crippen LogP contribution in [0.5, 0.6) is 0 Å². The Morgan fingerprint density at radius 3 is 2.23 bits per heavy atom. The molecule has 2 fully saturated rings. The van der Waals surface area contributed by atoms with Crippen LogP contribution in [0.1, 0.15) is 24.4 Å². The quantitative estimate of drug-likeness (QED) is 0.808. The molecule has 2 N–H and O–H groups in total. The Kier molecular flexibility index (Phi) is 6.18. The van der Waals surface area contributed by atoms with Gasteiger partial charge < -0.3 is 10.4 Å². The highest BCUT2D eigenvalue weighted by molar-refractivity contribution is 5.85. The number of likely N-dealkylation sites (tertiary alicyclic amines) is 1. The highest BCUT2D eigenvalue weighted by Gasteiger charge is 2.54. The van der Waals surface area contributed by atoms with Crippen LogP contribution in [0, 0.1) is 11.8 Å². The SMILES string of the molecule is Cl.O=C(NC1CC1)C(c1ccccc1)N1C[C@@H](C(F)(F)F)[C@H](C(=O)O)C1. The molecule has 1 saturated carbocycles. The van der Waals surface area contributed by atoms with E-state index in [1.54, 1.807) is 30.3 Å². The van der Waals surface area contributed by atoms with Crippen molar-refractivity contribution in [3.05, 3.63) is 35.9 Å². The van der Waals surface area contributed by atoms with Crippen molar-refractivity contribution >= 4 is 24.3 Å². The molecule has 0 bridgehead atoms. The van der Waals surface area contributed by atoms with Gasteiger partial charge >= 0.3 is 12.1 Å². The molecule has 1 aliphatic heterocycles. The lowest BCUT2D eigenvalue weighted by atomic mass is 9.96. The number of carbonyl (C=O) groups excluding carboxylic acids is 1. The van der Waals surface area contributed by atoms with E-state index in [4.69, 9.17) is 0 Å². The van der Waals surface area contributed by atoms with E-state index in [2.05, 4.69) is 5.32 Å². The van der Waals surface area contributed by atoms with Crippen molar-refractivity contribution in [3.8, 4) is 0 Å². The molecule has 5 nitrogen and oxygen atoms in total. The summed E-state index contributed by atoms with van der Waals surface area (Å²) in [6.45, 7) is -0.810. The third kappa shape index (κ3) is 4.48. The smallest absolute Gasteiger partial charge is 0.393 e. The van der Waals surface area contributed by atoms with Crippen LogP contribution in [0.2, 0.25) is 0 Å². The second-order valence-electron chi connectivity index (χ2n) is 6.64. The van der Waals surface area contributed by atoms with Gasteiger partial charge in [-0.1, -0.05) is 30.3 Å². The third-order valence-corrected chi connectivity index (χ3v) is 4.74. The van der Waals surface area contributed by atoms with Crippen LogP contribution in [0.3, 0.4) is 0 Å². The minimum absolute atomic E-state index is 0. The van der Waals surface area contributed by atoms with Gasteiger partial charge in [0, 0.05) is 19.1 Å². The Hall–Kier alpha value is -1.80. The molecule has 1 heterocycles. The summed E-state index contributed by atoms with van der Waals surface area (Å²) in [5, 5.41) is 12.0. The van der Waals surface area contributed by atoms with Crippen LogP contribution >= 0.6 is 12.4 Å². The van der Waals surface area contributed by atoms with Gasteiger partial charge in [0.05, 0.1) is 11.8 Å². The molecule has 3 rings (SSSR count). The van der Waals surface area contributed by atoms with Gasteiger partial charge in [-0.2, -0.15) is 13.2 Å². The van der Waals surface area contributed by atoms with E-state index in [1.807, 2.05) is 0 Å². The maximum atomic E-state index is 13.2. The standard InChI is InChI=1S/C17H19F3N2O3.ClH/c18-17(19,20)13-9-22(8-12(13)16(24)25)14(10-4-2-1-3-5-10)15(23)21-11-6-7-11;/h1-5,11-14H,6-9H2,(H,21,23)(H,24,25);1H/t12-,13-,14?;/m1./s1. The number of halogens is 4. The van der Waals surface area contributed by atoms with Gasteiger partial charge in [-0.25, -0.2) is 0 Å². The summed E-state index contributed by atoms with van der Waals surface area (Å²) in [5.74, 6) is -5.41. The number of hydrogen-bond acceptors (Lipinski definition) is 3. The fourth-order valence-corrected chi connectivity index (χ4v) is 3.30. The number of carboxylic acid groups (broad SMARTS) is 1. The van der Waals surface area contributed by atoms with Gasteiger partial charge in [-0.3, -0.25) is 14.5 Å². The van der Waals surface area contributed by atoms with Crippen molar-refractivity contribution in [3.63, 3.8) is 0 Å². The molecule has 1 aromatic carbocycles. The van der Waals surface area contributed by atoms with E-state index < -0.39 is 36.6 Å². The Bertz CT molecular complexity index is 652. The molecule has 2 aliphatic rings. The van der Waals surface area contributed by atoms with Crippen LogP contribution < -0.4 is 5.32 Å². The zero-order valence-corrected chi connectivity index (χ0v) is 14.6. The molecule has 144 valence electrons. The maximum absolute atomic E-state index is 13.2. The highest BCUT2D eigenvalue weighted by Crippen LogP contribution is 2.41. The molecule has 9 heteroatoms. The number of nitrogens with one attached hydrogen (secondary N) is 1. The molecule has 26 heavy (non-hydrogen) atoms. The zero-order valence-electron chi connectivity index (χ0n) is 13.8. The molecule has 0 radical (unpaired) electrons. The monoisotopic (exact) mass is 392 g/mol. The predicted molar refractivity (Wildman–Crippen MR) is 89.8 cm³/mol. The second-order valence-corrected chi connectivity index (χ2v) is 6.64. The van der Waals surface area contributed by atoms with Crippen LogP contribution in [0.15, 0.2) is 30.3 Å². The number of benzene rings is 1. The number of carboxylic acids is 1. The summed E-state index contributed by atoms with van der Waals surface area (Å²) in [4.78, 5) is 25.3. The second kappa shape index (κ2) is 7.84. The van der Waals surface area contributed by atoms with Gasteiger partial charge in [0.1, 0.15) is 6.04 Å². The Morgan fingerprint density at radius 2 is 1.77 bits per heavy atom. The first-order valence-electron chi connectivity index (χ1n) is 8.16. The molecular weight excluding hydrogens is 373 g/mol. The number of aliphatic carboxylic acids is 1. The van der Waals surface area contributed by atoms with Gasteiger partial charge in [-0.15, -0.1) is 12.4 Å². The first kappa shape index (κ1) is 20.5. The number of hydrogen-bond donors (Lipinski definition) is 2. The topological polar surface area (TPSA) is 69.6 Å². The normalized spacial score (nSPS) is 24.6. The number of amides is 1. The Morgan fingerprint density at radius 1 is 1.15 bits per heavy atom. The van der Waals surface area contributed by atoms with Crippen LogP contribution in [-0.2, 0) is 9.59 Å². The fraction of sp³-hybridized carbons (Fsp3) is 0.529. The largest absolute Gasteiger partial charge is 0.481 e. The molecule has 1 amide bonds. The first-order valence-corrected chi connectivity index (χ1v) is 8.16. The number of nitrogens with zero attached hydrogens (tertiary/aromatic N) is 1. The molecule has 1 aromatic rings. The average molecular weight is 393 g/mol. The highest BCUT2D eigenvalue weighted by atomic mass is 35.5. The van der Waals surface area contributed by atoms with E-state index >= 15 is 0 Å². The van der Waals surface area contributed by atoms with Gasteiger partial charge in [0.2, 0.25) is 5.91 Å². The summed E-state index contributed by atoms with van der Waals surface area (Å²) in [7, 11) is 0. The predicted octanol–water partition coefficient (Wildman–Crippen LogP) is 2.62. The Labute approximate surface area is 155 Å². The summed E-state index contributed by atoms with van der Waals surface area (Å²) in [5.41, 5.74) is 0.563. The summed E-state index contributed by atoms with van der Waals surface area (Å²) >= 11 is 0.